The SMILES string of the molecule is Cc1c(C(=O)Nc2cc(Cl)cc(Cl)c2)oc2c1/C(=N/Nc1ccc([N+](=O)[O-])cc1)CCC2. The third kappa shape index (κ3) is 4.61. The van der Waals surface area contributed by atoms with Crippen molar-refractivity contribution in [3.05, 3.63) is 85.3 Å². The second-order valence-corrected chi connectivity index (χ2v) is 8.17. The van der Waals surface area contributed by atoms with Gasteiger partial charge in [0.15, 0.2) is 5.76 Å². The summed E-state index contributed by atoms with van der Waals surface area (Å²) in [5.74, 6) is 0.501. The molecule has 8 nitrogen and oxygen atoms in total. The summed E-state index contributed by atoms with van der Waals surface area (Å²) in [5.41, 5.74) is 6.28. The molecule has 0 saturated heterocycles. The number of hydrazone groups is 1. The molecule has 0 spiro atoms. The number of aryl methyl sites for hydroxylation is 1. The third-order valence-electron chi connectivity index (χ3n) is 5.05. The molecular weight excluding hydrogens is 455 g/mol. The maximum atomic E-state index is 12.8. The van der Waals surface area contributed by atoms with Gasteiger partial charge >= 0.3 is 0 Å². The number of rotatable bonds is 5. The number of fused-ring (bicyclic) bond motifs is 1. The molecule has 0 saturated carbocycles. The fourth-order valence-corrected chi connectivity index (χ4v) is 4.13. The zero-order valence-corrected chi connectivity index (χ0v) is 18.5. The van der Waals surface area contributed by atoms with Gasteiger partial charge in [-0.1, -0.05) is 23.2 Å². The van der Waals surface area contributed by atoms with Crippen LogP contribution in [0.1, 0.15) is 40.3 Å². The minimum absolute atomic E-state index is 0.00507. The number of furan rings is 1. The van der Waals surface area contributed by atoms with Crippen LogP contribution in [0.15, 0.2) is 52.0 Å². The Morgan fingerprint density at radius 1 is 1.09 bits per heavy atom. The van der Waals surface area contributed by atoms with E-state index < -0.39 is 10.8 Å². The average Bonchev–Trinajstić information content (AvgIpc) is 3.09. The number of halogens is 2. The minimum atomic E-state index is -0.457. The summed E-state index contributed by atoms with van der Waals surface area (Å²) in [4.78, 5) is 23.2. The van der Waals surface area contributed by atoms with Crippen LogP contribution in [0, 0.1) is 17.0 Å². The van der Waals surface area contributed by atoms with E-state index in [4.69, 9.17) is 27.6 Å². The molecule has 1 amide bonds. The van der Waals surface area contributed by atoms with Gasteiger partial charge in [0.2, 0.25) is 0 Å². The first kappa shape index (κ1) is 21.9. The highest BCUT2D eigenvalue weighted by Gasteiger charge is 2.28. The number of hydrogen-bond acceptors (Lipinski definition) is 6. The number of nitro benzene ring substituents is 1. The van der Waals surface area contributed by atoms with Gasteiger partial charge in [-0.15, -0.1) is 0 Å². The first-order valence-corrected chi connectivity index (χ1v) is 10.5. The number of anilines is 2. The predicted octanol–water partition coefficient (Wildman–Crippen LogP) is 6.21. The van der Waals surface area contributed by atoms with E-state index in [9.17, 15) is 14.9 Å². The van der Waals surface area contributed by atoms with Crippen LogP contribution in [0.4, 0.5) is 17.1 Å². The summed E-state index contributed by atoms with van der Waals surface area (Å²) in [7, 11) is 0. The summed E-state index contributed by atoms with van der Waals surface area (Å²) in [5, 5.41) is 18.9. The molecule has 0 atom stereocenters. The number of nitrogens with one attached hydrogen (secondary N) is 2. The highest BCUT2D eigenvalue weighted by molar-refractivity contribution is 6.35. The van der Waals surface area contributed by atoms with Crippen molar-refractivity contribution in [2.24, 2.45) is 5.10 Å². The summed E-state index contributed by atoms with van der Waals surface area (Å²) < 4.78 is 5.89. The van der Waals surface area contributed by atoms with Gasteiger partial charge in [0, 0.05) is 45.4 Å². The molecule has 1 aromatic heterocycles. The second kappa shape index (κ2) is 9.02. The molecule has 0 aliphatic heterocycles. The highest BCUT2D eigenvalue weighted by atomic mass is 35.5. The van der Waals surface area contributed by atoms with Gasteiger partial charge < -0.3 is 9.73 Å². The number of hydrogen-bond donors (Lipinski definition) is 2. The van der Waals surface area contributed by atoms with Crippen molar-refractivity contribution >= 4 is 51.9 Å². The summed E-state index contributed by atoms with van der Waals surface area (Å²) in [6.45, 7) is 1.81. The quantitative estimate of drug-likeness (QED) is 0.338. The fraction of sp³-hybridized carbons (Fsp3) is 0.182. The Balaban J connectivity index is 1.57. The number of nitrogens with zero attached hydrogens (tertiary/aromatic N) is 2. The Morgan fingerprint density at radius 2 is 1.78 bits per heavy atom. The van der Waals surface area contributed by atoms with Crippen molar-refractivity contribution < 1.29 is 14.1 Å². The predicted molar refractivity (Wildman–Crippen MR) is 124 cm³/mol. The minimum Gasteiger partial charge on any atom is -0.455 e. The van der Waals surface area contributed by atoms with Gasteiger partial charge in [-0.3, -0.25) is 20.3 Å². The molecule has 1 aliphatic carbocycles. The molecule has 1 heterocycles. The number of benzene rings is 2. The second-order valence-electron chi connectivity index (χ2n) is 7.29. The van der Waals surface area contributed by atoms with Gasteiger partial charge in [0.05, 0.1) is 16.3 Å². The zero-order valence-electron chi connectivity index (χ0n) is 16.9. The number of non-ortho nitro benzene ring substituents is 1. The van der Waals surface area contributed by atoms with Crippen LogP contribution in [0.5, 0.6) is 0 Å². The molecule has 10 heteroatoms. The van der Waals surface area contributed by atoms with Crippen molar-refractivity contribution in [3.63, 3.8) is 0 Å². The smallest absolute Gasteiger partial charge is 0.291 e. The standard InChI is InChI=1S/C22H18Cl2N4O4/c1-12-20-18(27-26-15-5-7-17(8-6-15)28(30)31)3-2-4-19(20)32-21(12)22(29)25-16-10-13(23)9-14(24)11-16/h5-11,26H,2-4H2,1H3,(H,25,29)/b27-18+. The molecule has 164 valence electrons. The van der Waals surface area contributed by atoms with Crippen molar-refractivity contribution in [2.45, 2.75) is 26.2 Å². The number of amides is 1. The first-order chi connectivity index (χ1) is 15.3. The van der Waals surface area contributed by atoms with E-state index in [1.54, 1.807) is 30.3 Å². The van der Waals surface area contributed by atoms with E-state index in [1.165, 1.54) is 12.1 Å². The van der Waals surface area contributed by atoms with Crippen molar-refractivity contribution in [1.82, 2.24) is 0 Å². The topological polar surface area (TPSA) is 110 Å². The van der Waals surface area contributed by atoms with Gasteiger partial charge in [-0.05, 0) is 50.1 Å². The lowest BCUT2D eigenvalue weighted by Gasteiger charge is -2.13. The van der Waals surface area contributed by atoms with Crippen LogP contribution >= 0.6 is 23.2 Å². The van der Waals surface area contributed by atoms with E-state index in [0.29, 0.717) is 45.6 Å². The van der Waals surface area contributed by atoms with E-state index in [0.717, 1.165) is 17.7 Å². The van der Waals surface area contributed by atoms with Crippen LogP contribution in [-0.4, -0.2) is 16.5 Å². The molecular formula is C22H18Cl2N4O4. The summed E-state index contributed by atoms with van der Waals surface area (Å²) in [6, 6.07) is 10.8. The fourth-order valence-electron chi connectivity index (χ4n) is 3.60. The van der Waals surface area contributed by atoms with Gasteiger partial charge in [-0.2, -0.15) is 5.10 Å². The summed E-state index contributed by atoms with van der Waals surface area (Å²) in [6.07, 6.45) is 2.23. The molecule has 2 aromatic carbocycles. The molecule has 0 radical (unpaired) electrons. The first-order valence-electron chi connectivity index (χ1n) is 9.79. The van der Waals surface area contributed by atoms with E-state index >= 15 is 0 Å². The van der Waals surface area contributed by atoms with Crippen LogP contribution in [0.25, 0.3) is 0 Å². The number of carbonyl (C=O) groups is 1. The number of carbonyl (C=O) groups excluding carboxylic acids is 1. The Morgan fingerprint density at radius 3 is 2.44 bits per heavy atom. The van der Waals surface area contributed by atoms with Crippen molar-refractivity contribution in [3.8, 4) is 0 Å². The van der Waals surface area contributed by atoms with E-state index in [2.05, 4.69) is 15.8 Å². The number of nitro groups is 1. The third-order valence-corrected chi connectivity index (χ3v) is 5.49. The lowest BCUT2D eigenvalue weighted by molar-refractivity contribution is -0.384. The maximum absolute atomic E-state index is 12.8. The molecule has 4 rings (SSSR count). The molecule has 0 unspecified atom stereocenters. The molecule has 1 aliphatic rings. The van der Waals surface area contributed by atoms with Gasteiger partial charge in [0.25, 0.3) is 11.6 Å². The lowest BCUT2D eigenvalue weighted by atomic mass is 9.93. The van der Waals surface area contributed by atoms with Crippen molar-refractivity contribution in [2.75, 3.05) is 10.7 Å². The highest BCUT2D eigenvalue weighted by Crippen LogP contribution is 2.31. The Labute approximate surface area is 193 Å². The molecule has 3 aromatic rings. The van der Waals surface area contributed by atoms with Crippen molar-refractivity contribution in [1.29, 1.82) is 0 Å². The van der Waals surface area contributed by atoms with Gasteiger partial charge in [-0.25, -0.2) is 0 Å². The average molecular weight is 473 g/mol. The molecule has 32 heavy (non-hydrogen) atoms. The molecule has 0 fully saturated rings. The lowest BCUT2D eigenvalue weighted by Crippen LogP contribution is -2.14. The largest absolute Gasteiger partial charge is 0.455 e. The maximum Gasteiger partial charge on any atom is 0.291 e. The zero-order chi connectivity index (χ0) is 22.8. The molecule has 0 bridgehead atoms. The van der Waals surface area contributed by atoms with Crippen LogP contribution in [-0.2, 0) is 6.42 Å². The monoisotopic (exact) mass is 472 g/mol. The Hall–Kier alpha value is -3.36. The van der Waals surface area contributed by atoms with E-state index in [1.807, 2.05) is 6.92 Å². The van der Waals surface area contributed by atoms with Crippen LogP contribution < -0.4 is 10.7 Å². The Bertz CT molecular complexity index is 1220. The van der Waals surface area contributed by atoms with Crippen LogP contribution in [0.2, 0.25) is 10.0 Å². The van der Waals surface area contributed by atoms with Gasteiger partial charge in [0.1, 0.15) is 5.76 Å². The van der Waals surface area contributed by atoms with E-state index in [-0.39, 0.29) is 11.4 Å². The Kier molecular flexibility index (Phi) is 6.16. The molecule has 2 N–H and O–H groups in total. The normalized spacial score (nSPS) is 14.2. The van der Waals surface area contributed by atoms with Crippen LogP contribution in [0.3, 0.4) is 0 Å². The summed E-state index contributed by atoms with van der Waals surface area (Å²) >= 11 is 12.0.